The summed E-state index contributed by atoms with van der Waals surface area (Å²) in [5, 5.41) is 7.42. The second-order valence-electron chi connectivity index (χ2n) is 6.23. The minimum Gasteiger partial charge on any atom is -0.361 e. The average Bonchev–Trinajstić information content (AvgIpc) is 3.06. The zero-order valence-corrected chi connectivity index (χ0v) is 14.4. The summed E-state index contributed by atoms with van der Waals surface area (Å²) in [4.78, 5) is 15.1. The Kier molecular flexibility index (Phi) is 6.23. The van der Waals surface area contributed by atoms with Crippen LogP contribution in [0, 0.1) is 0 Å². The van der Waals surface area contributed by atoms with Gasteiger partial charge in [-0.2, -0.15) is 0 Å². The number of hydrogen-bond donors (Lipinski definition) is 3. The van der Waals surface area contributed by atoms with Crippen molar-refractivity contribution in [2.75, 3.05) is 19.6 Å². The molecule has 0 atom stereocenters. The number of rotatable bonds is 9. The first kappa shape index (κ1) is 17.2. The summed E-state index contributed by atoms with van der Waals surface area (Å²) in [5.41, 5.74) is 3.73. The number of H-pyrrole nitrogens is 1. The lowest BCUT2D eigenvalue weighted by Gasteiger charge is -2.07. The molecule has 0 aliphatic carbocycles. The van der Waals surface area contributed by atoms with Gasteiger partial charge in [0.15, 0.2) is 0 Å². The molecule has 3 aromatic rings. The fraction of sp³-hybridized carbons (Fsp3) is 0.286. The molecule has 4 heteroatoms. The Hall–Kier alpha value is -2.59. The largest absolute Gasteiger partial charge is 0.361 e. The number of benzene rings is 2. The molecule has 0 saturated carbocycles. The Morgan fingerprint density at radius 1 is 0.920 bits per heavy atom. The molecule has 0 saturated heterocycles. The molecule has 0 spiro atoms. The molecule has 3 rings (SSSR count). The first-order valence-electron chi connectivity index (χ1n) is 8.89. The van der Waals surface area contributed by atoms with Crippen LogP contribution in [0.25, 0.3) is 10.9 Å². The van der Waals surface area contributed by atoms with Crippen LogP contribution in [0.5, 0.6) is 0 Å². The molecule has 3 N–H and O–H groups in total. The van der Waals surface area contributed by atoms with Crippen LogP contribution in [-0.4, -0.2) is 30.5 Å². The molecule has 0 radical (unpaired) electrons. The zero-order chi connectivity index (χ0) is 17.3. The third kappa shape index (κ3) is 5.19. The van der Waals surface area contributed by atoms with E-state index in [1.807, 2.05) is 24.4 Å². The number of aromatic amines is 1. The van der Waals surface area contributed by atoms with Crippen molar-refractivity contribution in [1.29, 1.82) is 0 Å². The Morgan fingerprint density at radius 3 is 2.60 bits per heavy atom. The lowest BCUT2D eigenvalue weighted by Crippen LogP contribution is -2.35. The van der Waals surface area contributed by atoms with E-state index >= 15 is 0 Å². The van der Waals surface area contributed by atoms with Gasteiger partial charge in [-0.25, -0.2) is 0 Å². The average molecular weight is 335 g/mol. The van der Waals surface area contributed by atoms with Gasteiger partial charge in [0.1, 0.15) is 0 Å². The van der Waals surface area contributed by atoms with Crippen LogP contribution in [0.4, 0.5) is 0 Å². The van der Waals surface area contributed by atoms with Gasteiger partial charge in [-0.1, -0.05) is 48.5 Å². The first-order chi connectivity index (χ1) is 12.3. The van der Waals surface area contributed by atoms with Crippen LogP contribution in [-0.2, 0) is 17.6 Å². The molecular weight excluding hydrogens is 310 g/mol. The number of aryl methyl sites for hydroxylation is 1. The second kappa shape index (κ2) is 9.04. The number of nitrogens with one attached hydrogen (secondary N) is 3. The van der Waals surface area contributed by atoms with E-state index in [1.54, 1.807) is 0 Å². The van der Waals surface area contributed by atoms with E-state index in [0.29, 0.717) is 13.1 Å². The van der Waals surface area contributed by atoms with Gasteiger partial charge in [0.2, 0.25) is 5.91 Å². The summed E-state index contributed by atoms with van der Waals surface area (Å²) < 4.78 is 0. The van der Waals surface area contributed by atoms with Gasteiger partial charge in [0.25, 0.3) is 0 Å². The molecule has 1 heterocycles. The SMILES string of the molecule is O=C(CNCCCc1ccccc1)NCCc1c[nH]c2ccccc12. The van der Waals surface area contributed by atoms with E-state index in [2.05, 4.69) is 52.0 Å². The molecule has 4 nitrogen and oxygen atoms in total. The summed E-state index contributed by atoms with van der Waals surface area (Å²) in [6, 6.07) is 18.7. The van der Waals surface area contributed by atoms with E-state index < -0.39 is 0 Å². The Labute approximate surface area is 148 Å². The van der Waals surface area contributed by atoms with Gasteiger partial charge in [0, 0.05) is 23.6 Å². The van der Waals surface area contributed by atoms with Crippen LogP contribution in [0.15, 0.2) is 60.8 Å². The zero-order valence-electron chi connectivity index (χ0n) is 14.4. The van der Waals surface area contributed by atoms with Gasteiger partial charge in [0.05, 0.1) is 6.54 Å². The monoisotopic (exact) mass is 335 g/mol. The van der Waals surface area contributed by atoms with Gasteiger partial charge >= 0.3 is 0 Å². The smallest absolute Gasteiger partial charge is 0.233 e. The molecule has 0 fully saturated rings. The lowest BCUT2D eigenvalue weighted by atomic mass is 10.1. The van der Waals surface area contributed by atoms with Crippen LogP contribution < -0.4 is 10.6 Å². The highest BCUT2D eigenvalue weighted by Gasteiger charge is 2.04. The van der Waals surface area contributed by atoms with Crippen LogP contribution >= 0.6 is 0 Å². The van der Waals surface area contributed by atoms with E-state index in [4.69, 9.17) is 0 Å². The predicted molar refractivity (Wildman–Crippen MR) is 103 cm³/mol. The fourth-order valence-electron chi connectivity index (χ4n) is 3.00. The molecule has 0 bridgehead atoms. The summed E-state index contributed by atoms with van der Waals surface area (Å²) in [5.74, 6) is 0.0551. The summed E-state index contributed by atoms with van der Waals surface area (Å²) in [6.07, 6.45) is 4.94. The van der Waals surface area contributed by atoms with Crippen molar-refractivity contribution in [1.82, 2.24) is 15.6 Å². The molecule has 1 amide bonds. The highest BCUT2D eigenvalue weighted by molar-refractivity contribution is 5.83. The second-order valence-corrected chi connectivity index (χ2v) is 6.23. The van der Waals surface area contributed by atoms with Crippen molar-refractivity contribution >= 4 is 16.8 Å². The first-order valence-corrected chi connectivity index (χ1v) is 8.89. The fourth-order valence-corrected chi connectivity index (χ4v) is 3.00. The maximum atomic E-state index is 11.9. The predicted octanol–water partition coefficient (Wildman–Crippen LogP) is 3.05. The van der Waals surface area contributed by atoms with Gasteiger partial charge in [-0.15, -0.1) is 0 Å². The number of amides is 1. The third-order valence-corrected chi connectivity index (χ3v) is 4.34. The maximum absolute atomic E-state index is 11.9. The topological polar surface area (TPSA) is 56.9 Å². The van der Waals surface area contributed by atoms with E-state index in [1.165, 1.54) is 16.5 Å². The van der Waals surface area contributed by atoms with Crippen molar-refractivity contribution in [3.63, 3.8) is 0 Å². The molecular formula is C21H25N3O. The standard InChI is InChI=1S/C21H25N3O/c25-21(16-22-13-6-9-17-7-2-1-3-8-17)23-14-12-18-15-24-20-11-5-4-10-19(18)20/h1-5,7-8,10-11,15,22,24H,6,9,12-14,16H2,(H,23,25). The van der Waals surface area contributed by atoms with Crippen molar-refractivity contribution < 1.29 is 4.79 Å². The van der Waals surface area contributed by atoms with E-state index in [-0.39, 0.29) is 5.91 Å². The Morgan fingerprint density at radius 2 is 1.72 bits per heavy atom. The molecule has 0 aliphatic rings. The van der Waals surface area contributed by atoms with Crippen molar-refractivity contribution in [3.05, 3.63) is 71.9 Å². The normalized spacial score (nSPS) is 10.9. The number of hydrogen-bond acceptors (Lipinski definition) is 2. The molecule has 0 aliphatic heterocycles. The minimum absolute atomic E-state index is 0.0551. The highest BCUT2D eigenvalue weighted by Crippen LogP contribution is 2.17. The van der Waals surface area contributed by atoms with E-state index in [0.717, 1.165) is 31.3 Å². The number of fused-ring (bicyclic) bond motifs is 1. The highest BCUT2D eigenvalue weighted by atomic mass is 16.1. The van der Waals surface area contributed by atoms with Crippen LogP contribution in [0.1, 0.15) is 17.5 Å². The van der Waals surface area contributed by atoms with Gasteiger partial charge in [-0.05, 0) is 43.0 Å². The minimum atomic E-state index is 0.0551. The van der Waals surface area contributed by atoms with Gasteiger partial charge in [-0.3, -0.25) is 4.79 Å². The van der Waals surface area contributed by atoms with Crippen LogP contribution in [0.2, 0.25) is 0 Å². The number of carbonyl (C=O) groups is 1. The Bertz CT molecular complexity index is 795. The Balaban J connectivity index is 1.29. The molecule has 1 aromatic heterocycles. The number of para-hydroxylation sites is 1. The number of aromatic nitrogens is 1. The summed E-state index contributed by atoms with van der Waals surface area (Å²) >= 11 is 0. The van der Waals surface area contributed by atoms with Gasteiger partial charge < -0.3 is 15.6 Å². The molecule has 25 heavy (non-hydrogen) atoms. The quantitative estimate of drug-likeness (QED) is 0.527. The molecule has 2 aromatic carbocycles. The van der Waals surface area contributed by atoms with Crippen molar-refractivity contribution in [2.45, 2.75) is 19.3 Å². The maximum Gasteiger partial charge on any atom is 0.233 e. The van der Waals surface area contributed by atoms with Crippen molar-refractivity contribution in [3.8, 4) is 0 Å². The molecule has 0 unspecified atom stereocenters. The molecule has 130 valence electrons. The van der Waals surface area contributed by atoms with Crippen molar-refractivity contribution in [2.24, 2.45) is 0 Å². The third-order valence-electron chi connectivity index (χ3n) is 4.34. The summed E-state index contributed by atoms with van der Waals surface area (Å²) in [6.45, 7) is 1.89. The lowest BCUT2D eigenvalue weighted by molar-refractivity contribution is -0.120. The van der Waals surface area contributed by atoms with Crippen LogP contribution in [0.3, 0.4) is 0 Å². The number of carbonyl (C=O) groups excluding carboxylic acids is 1. The van der Waals surface area contributed by atoms with E-state index in [9.17, 15) is 4.79 Å². The summed E-state index contributed by atoms with van der Waals surface area (Å²) in [7, 11) is 0.